The van der Waals surface area contributed by atoms with Gasteiger partial charge in [0.1, 0.15) is 6.54 Å². The lowest BCUT2D eigenvalue weighted by Gasteiger charge is -2.12. The van der Waals surface area contributed by atoms with Crippen LogP contribution in [0.1, 0.15) is 10.4 Å². The molecule has 0 saturated heterocycles. The molecule has 0 fully saturated rings. The van der Waals surface area contributed by atoms with Gasteiger partial charge in [0.2, 0.25) is 0 Å². The van der Waals surface area contributed by atoms with E-state index in [2.05, 4.69) is 0 Å². The highest BCUT2D eigenvalue weighted by Crippen LogP contribution is 2.14. The molecule has 0 aliphatic carbocycles. The van der Waals surface area contributed by atoms with Crippen LogP contribution in [-0.2, 0) is 0 Å². The number of rotatable bonds is 3. The third-order valence-electron chi connectivity index (χ3n) is 1.96. The van der Waals surface area contributed by atoms with E-state index in [-0.39, 0.29) is 17.8 Å². The number of carbonyl (C=O) groups is 1. The summed E-state index contributed by atoms with van der Waals surface area (Å²) in [6.07, 6.45) is 0. The van der Waals surface area contributed by atoms with Crippen molar-refractivity contribution < 1.29 is 9.72 Å². The summed E-state index contributed by atoms with van der Waals surface area (Å²) >= 11 is 0. The Labute approximate surface area is 91.9 Å². The quantitative estimate of drug-likeness (QED) is 0.434. The highest BCUT2D eigenvalue weighted by Gasteiger charge is 2.14. The fraction of sp³-hybridized carbons (Fsp3) is 0.200. The lowest BCUT2D eigenvalue weighted by Crippen LogP contribution is -2.26. The summed E-state index contributed by atoms with van der Waals surface area (Å²) in [4.78, 5) is 22.8. The molecule has 0 saturated carbocycles. The van der Waals surface area contributed by atoms with Crippen molar-refractivity contribution in [3.63, 3.8) is 0 Å². The Bertz CT molecular complexity index is 465. The van der Waals surface area contributed by atoms with E-state index in [1.807, 2.05) is 6.07 Å². The molecule has 0 aliphatic heterocycles. The molecule has 1 aromatic carbocycles. The maximum atomic E-state index is 11.7. The van der Waals surface area contributed by atoms with Gasteiger partial charge in [-0.2, -0.15) is 5.26 Å². The van der Waals surface area contributed by atoms with Crippen LogP contribution in [0.5, 0.6) is 0 Å². The van der Waals surface area contributed by atoms with Gasteiger partial charge in [-0.1, -0.05) is 6.07 Å². The number of nitriles is 1. The number of non-ortho nitro benzene ring substituents is 1. The summed E-state index contributed by atoms with van der Waals surface area (Å²) in [6, 6.07) is 7.24. The fourth-order valence-electron chi connectivity index (χ4n) is 1.15. The van der Waals surface area contributed by atoms with E-state index in [4.69, 9.17) is 5.26 Å². The van der Waals surface area contributed by atoms with E-state index in [0.29, 0.717) is 0 Å². The van der Waals surface area contributed by atoms with E-state index >= 15 is 0 Å². The molecule has 82 valence electrons. The topological polar surface area (TPSA) is 87.2 Å². The smallest absolute Gasteiger partial charge is 0.270 e. The first-order chi connectivity index (χ1) is 7.56. The Hall–Kier alpha value is -2.42. The molecule has 0 heterocycles. The molecule has 0 aliphatic rings. The van der Waals surface area contributed by atoms with E-state index in [0.717, 1.165) is 0 Å². The van der Waals surface area contributed by atoms with E-state index in [1.54, 1.807) is 0 Å². The molecule has 0 unspecified atom stereocenters. The van der Waals surface area contributed by atoms with Crippen molar-refractivity contribution in [3.8, 4) is 6.07 Å². The fourth-order valence-corrected chi connectivity index (χ4v) is 1.15. The van der Waals surface area contributed by atoms with Gasteiger partial charge in [0.15, 0.2) is 0 Å². The van der Waals surface area contributed by atoms with Crippen molar-refractivity contribution in [2.75, 3.05) is 13.6 Å². The number of hydrogen-bond acceptors (Lipinski definition) is 4. The van der Waals surface area contributed by atoms with Crippen LogP contribution in [0.3, 0.4) is 0 Å². The van der Waals surface area contributed by atoms with Crippen molar-refractivity contribution in [3.05, 3.63) is 39.9 Å². The highest BCUT2D eigenvalue weighted by molar-refractivity contribution is 5.94. The molecule has 0 atom stereocenters. The zero-order valence-electron chi connectivity index (χ0n) is 8.58. The average molecular weight is 219 g/mol. The van der Waals surface area contributed by atoms with Crippen molar-refractivity contribution >= 4 is 11.6 Å². The first kappa shape index (κ1) is 11.7. The predicted molar refractivity (Wildman–Crippen MR) is 55.7 cm³/mol. The van der Waals surface area contributed by atoms with Gasteiger partial charge in [-0.05, 0) is 6.07 Å². The Morgan fingerprint density at radius 1 is 1.62 bits per heavy atom. The molecule has 0 radical (unpaired) electrons. The summed E-state index contributed by atoms with van der Waals surface area (Å²) < 4.78 is 0. The minimum absolute atomic E-state index is 0.0540. The van der Waals surface area contributed by atoms with E-state index in [9.17, 15) is 14.9 Å². The second-order valence-electron chi connectivity index (χ2n) is 3.13. The predicted octanol–water partition coefficient (Wildman–Crippen LogP) is 1.19. The van der Waals surface area contributed by atoms with Gasteiger partial charge < -0.3 is 4.90 Å². The molecular formula is C10H9N3O3. The van der Waals surface area contributed by atoms with Crippen LogP contribution in [0.2, 0.25) is 0 Å². The minimum atomic E-state index is -0.568. The summed E-state index contributed by atoms with van der Waals surface area (Å²) in [7, 11) is 1.46. The molecular weight excluding hydrogens is 210 g/mol. The van der Waals surface area contributed by atoms with Crippen molar-refractivity contribution in [1.29, 1.82) is 5.26 Å². The van der Waals surface area contributed by atoms with Crippen LogP contribution >= 0.6 is 0 Å². The third-order valence-corrected chi connectivity index (χ3v) is 1.96. The van der Waals surface area contributed by atoms with Crippen molar-refractivity contribution in [2.45, 2.75) is 0 Å². The van der Waals surface area contributed by atoms with Crippen molar-refractivity contribution in [1.82, 2.24) is 4.90 Å². The maximum absolute atomic E-state index is 11.7. The normalized spacial score (nSPS) is 9.25. The monoisotopic (exact) mass is 219 g/mol. The molecule has 6 nitrogen and oxygen atoms in total. The summed E-state index contributed by atoms with van der Waals surface area (Å²) in [5.41, 5.74) is 0.0585. The van der Waals surface area contributed by atoms with Gasteiger partial charge in [0, 0.05) is 24.7 Å². The Kier molecular flexibility index (Phi) is 3.56. The standard InChI is InChI=1S/C10H9N3O3/c1-12(6-5-11)10(14)8-3-2-4-9(7-8)13(15)16/h2-4,7H,6H2,1H3. The van der Waals surface area contributed by atoms with Crippen LogP contribution in [-0.4, -0.2) is 29.3 Å². The molecule has 0 N–H and O–H groups in total. The molecule has 6 heteroatoms. The van der Waals surface area contributed by atoms with Gasteiger partial charge in [0.25, 0.3) is 11.6 Å². The Morgan fingerprint density at radius 3 is 2.88 bits per heavy atom. The number of nitrogens with zero attached hydrogens (tertiary/aromatic N) is 3. The van der Waals surface area contributed by atoms with Crippen LogP contribution in [0, 0.1) is 21.4 Å². The molecule has 16 heavy (non-hydrogen) atoms. The van der Waals surface area contributed by atoms with Gasteiger partial charge >= 0.3 is 0 Å². The number of carbonyl (C=O) groups excluding carboxylic acids is 1. The van der Waals surface area contributed by atoms with Crippen LogP contribution < -0.4 is 0 Å². The van der Waals surface area contributed by atoms with Gasteiger partial charge in [-0.25, -0.2) is 0 Å². The van der Waals surface area contributed by atoms with Crippen molar-refractivity contribution in [2.24, 2.45) is 0 Å². The summed E-state index contributed by atoms with van der Waals surface area (Å²) in [5.74, 6) is -0.412. The lowest BCUT2D eigenvalue weighted by molar-refractivity contribution is -0.384. The summed E-state index contributed by atoms with van der Waals surface area (Å²) in [6.45, 7) is -0.0540. The number of nitro benzene ring substituents is 1. The molecule has 0 spiro atoms. The second kappa shape index (κ2) is 4.89. The number of nitro groups is 1. The Morgan fingerprint density at radius 2 is 2.31 bits per heavy atom. The third kappa shape index (κ3) is 2.54. The Balaban J connectivity index is 2.97. The van der Waals surface area contributed by atoms with Crippen LogP contribution in [0.25, 0.3) is 0 Å². The minimum Gasteiger partial charge on any atom is -0.328 e. The maximum Gasteiger partial charge on any atom is 0.270 e. The molecule has 0 bridgehead atoms. The number of benzene rings is 1. The van der Waals surface area contributed by atoms with Crippen LogP contribution in [0.15, 0.2) is 24.3 Å². The molecule has 1 rings (SSSR count). The second-order valence-corrected chi connectivity index (χ2v) is 3.13. The number of amides is 1. The van der Waals surface area contributed by atoms with Gasteiger partial charge in [-0.15, -0.1) is 0 Å². The summed E-state index contributed by atoms with van der Waals surface area (Å²) in [5, 5.41) is 18.9. The van der Waals surface area contributed by atoms with E-state index < -0.39 is 10.8 Å². The molecule has 0 aromatic heterocycles. The largest absolute Gasteiger partial charge is 0.328 e. The zero-order chi connectivity index (χ0) is 12.1. The first-order valence-corrected chi connectivity index (χ1v) is 4.43. The first-order valence-electron chi connectivity index (χ1n) is 4.43. The highest BCUT2D eigenvalue weighted by atomic mass is 16.6. The SMILES string of the molecule is CN(CC#N)C(=O)c1cccc([N+](=O)[O-])c1. The van der Waals surface area contributed by atoms with E-state index in [1.165, 1.54) is 36.2 Å². The van der Waals surface area contributed by atoms with Gasteiger partial charge in [0.05, 0.1) is 11.0 Å². The van der Waals surface area contributed by atoms with Crippen LogP contribution in [0.4, 0.5) is 5.69 Å². The molecule has 1 amide bonds. The molecule has 1 aromatic rings. The van der Waals surface area contributed by atoms with Gasteiger partial charge in [-0.3, -0.25) is 14.9 Å². The average Bonchev–Trinajstić information content (AvgIpc) is 2.28. The zero-order valence-corrected chi connectivity index (χ0v) is 8.58. The lowest BCUT2D eigenvalue weighted by atomic mass is 10.2. The number of hydrogen-bond donors (Lipinski definition) is 0.